The van der Waals surface area contributed by atoms with E-state index in [-0.39, 0.29) is 0 Å². The van der Waals surface area contributed by atoms with Crippen molar-refractivity contribution in [2.45, 2.75) is 27.3 Å². The number of benzene rings is 2. The molecule has 0 fully saturated rings. The summed E-state index contributed by atoms with van der Waals surface area (Å²) in [5.74, 6) is 0. The van der Waals surface area contributed by atoms with E-state index >= 15 is 0 Å². The average Bonchev–Trinajstić information content (AvgIpc) is 2.33. The molecular formula is C16H19N. The van der Waals surface area contributed by atoms with E-state index in [9.17, 15) is 0 Å². The van der Waals surface area contributed by atoms with E-state index in [1.165, 1.54) is 27.9 Å². The molecule has 0 bridgehead atoms. The van der Waals surface area contributed by atoms with Gasteiger partial charge in [-0.2, -0.15) is 0 Å². The molecular weight excluding hydrogens is 206 g/mol. The SMILES string of the molecule is Cc1ccc(CNc2cccc(C)c2C)cc1. The van der Waals surface area contributed by atoms with Gasteiger partial charge < -0.3 is 5.32 Å². The molecule has 0 aromatic heterocycles. The van der Waals surface area contributed by atoms with Crippen molar-refractivity contribution in [3.63, 3.8) is 0 Å². The molecule has 2 aromatic carbocycles. The third-order valence-electron chi connectivity index (χ3n) is 3.21. The smallest absolute Gasteiger partial charge is 0.0400 e. The molecule has 0 saturated carbocycles. The molecule has 0 saturated heterocycles. The second kappa shape index (κ2) is 5.05. The van der Waals surface area contributed by atoms with Gasteiger partial charge in [0.2, 0.25) is 0 Å². The van der Waals surface area contributed by atoms with Gasteiger partial charge in [-0.1, -0.05) is 42.0 Å². The molecule has 0 aliphatic heterocycles. The van der Waals surface area contributed by atoms with Crippen LogP contribution in [-0.4, -0.2) is 0 Å². The van der Waals surface area contributed by atoms with Gasteiger partial charge in [-0.3, -0.25) is 0 Å². The van der Waals surface area contributed by atoms with Gasteiger partial charge in [0, 0.05) is 12.2 Å². The molecule has 0 amide bonds. The van der Waals surface area contributed by atoms with Crippen molar-refractivity contribution < 1.29 is 0 Å². The van der Waals surface area contributed by atoms with E-state index < -0.39 is 0 Å². The maximum atomic E-state index is 3.49. The Hall–Kier alpha value is -1.76. The van der Waals surface area contributed by atoms with Crippen LogP contribution >= 0.6 is 0 Å². The van der Waals surface area contributed by atoms with Crippen LogP contribution in [-0.2, 0) is 6.54 Å². The molecule has 17 heavy (non-hydrogen) atoms. The van der Waals surface area contributed by atoms with Crippen LogP contribution in [0.3, 0.4) is 0 Å². The van der Waals surface area contributed by atoms with Gasteiger partial charge in [0.05, 0.1) is 0 Å². The Balaban J connectivity index is 2.07. The van der Waals surface area contributed by atoms with Gasteiger partial charge in [0.1, 0.15) is 0 Å². The van der Waals surface area contributed by atoms with Crippen molar-refractivity contribution in [1.29, 1.82) is 0 Å². The van der Waals surface area contributed by atoms with Gasteiger partial charge in [-0.15, -0.1) is 0 Å². The molecule has 2 aromatic rings. The van der Waals surface area contributed by atoms with Gasteiger partial charge in [0.25, 0.3) is 0 Å². The van der Waals surface area contributed by atoms with Crippen molar-refractivity contribution in [1.82, 2.24) is 0 Å². The molecule has 0 radical (unpaired) electrons. The normalized spacial score (nSPS) is 10.3. The van der Waals surface area contributed by atoms with Crippen LogP contribution in [0.5, 0.6) is 0 Å². The van der Waals surface area contributed by atoms with Gasteiger partial charge in [-0.25, -0.2) is 0 Å². The molecule has 0 aliphatic rings. The van der Waals surface area contributed by atoms with Crippen molar-refractivity contribution in [3.8, 4) is 0 Å². The van der Waals surface area contributed by atoms with Gasteiger partial charge >= 0.3 is 0 Å². The Kier molecular flexibility index (Phi) is 3.48. The zero-order valence-electron chi connectivity index (χ0n) is 10.7. The summed E-state index contributed by atoms with van der Waals surface area (Å²) in [5.41, 5.74) is 6.51. The van der Waals surface area contributed by atoms with Gasteiger partial charge in [0.15, 0.2) is 0 Å². The van der Waals surface area contributed by atoms with Crippen molar-refractivity contribution in [2.75, 3.05) is 5.32 Å². The summed E-state index contributed by atoms with van der Waals surface area (Å²) in [6.45, 7) is 7.30. The quantitative estimate of drug-likeness (QED) is 0.824. The molecule has 0 aliphatic carbocycles. The topological polar surface area (TPSA) is 12.0 Å². The summed E-state index contributed by atoms with van der Waals surface area (Å²) in [5, 5.41) is 3.49. The summed E-state index contributed by atoms with van der Waals surface area (Å²) in [6, 6.07) is 15.0. The lowest BCUT2D eigenvalue weighted by atomic mass is 10.1. The minimum absolute atomic E-state index is 0.880. The van der Waals surface area contributed by atoms with Crippen LogP contribution in [0.4, 0.5) is 5.69 Å². The van der Waals surface area contributed by atoms with Gasteiger partial charge in [-0.05, 0) is 43.5 Å². The zero-order valence-corrected chi connectivity index (χ0v) is 10.7. The highest BCUT2D eigenvalue weighted by Gasteiger charge is 1.99. The zero-order chi connectivity index (χ0) is 12.3. The minimum Gasteiger partial charge on any atom is -0.381 e. The van der Waals surface area contributed by atoms with Crippen molar-refractivity contribution >= 4 is 5.69 Å². The van der Waals surface area contributed by atoms with Crippen LogP contribution in [0.25, 0.3) is 0 Å². The van der Waals surface area contributed by atoms with E-state index in [4.69, 9.17) is 0 Å². The Morgan fingerprint density at radius 2 is 1.59 bits per heavy atom. The predicted octanol–water partition coefficient (Wildman–Crippen LogP) is 4.22. The number of hydrogen-bond donors (Lipinski definition) is 1. The number of aryl methyl sites for hydroxylation is 2. The van der Waals surface area contributed by atoms with Crippen LogP contribution in [0.1, 0.15) is 22.3 Å². The molecule has 2 rings (SSSR count). The Labute approximate surface area is 103 Å². The van der Waals surface area contributed by atoms with E-state index in [2.05, 4.69) is 68.6 Å². The van der Waals surface area contributed by atoms with Crippen LogP contribution in [0.15, 0.2) is 42.5 Å². The lowest BCUT2D eigenvalue weighted by molar-refractivity contribution is 1.13. The lowest BCUT2D eigenvalue weighted by Gasteiger charge is -2.11. The third kappa shape index (κ3) is 2.88. The summed E-state index contributed by atoms with van der Waals surface area (Å²) >= 11 is 0. The first-order valence-electron chi connectivity index (χ1n) is 6.02. The fourth-order valence-corrected chi connectivity index (χ4v) is 1.85. The first kappa shape index (κ1) is 11.7. The predicted molar refractivity (Wildman–Crippen MR) is 74.4 cm³/mol. The van der Waals surface area contributed by atoms with Crippen LogP contribution < -0.4 is 5.32 Å². The lowest BCUT2D eigenvalue weighted by Crippen LogP contribution is -2.01. The van der Waals surface area contributed by atoms with E-state index in [1.807, 2.05) is 0 Å². The Bertz CT molecular complexity index is 497. The first-order chi connectivity index (χ1) is 8.16. The highest BCUT2D eigenvalue weighted by atomic mass is 14.9. The van der Waals surface area contributed by atoms with E-state index in [0.717, 1.165) is 6.54 Å². The number of hydrogen-bond acceptors (Lipinski definition) is 1. The summed E-state index contributed by atoms with van der Waals surface area (Å²) in [7, 11) is 0. The second-order valence-electron chi connectivity index (χ2n) is 4.59. The molecule has 1 nitrogen and oxygen atoms in total. The number of anilines is 1. The van der Waals surface area contributed by atoms with Crippen molar-refractivity contribution in [2.24, 2.45) is 0 Å². The summed E-state index contributed by atoms with van der Waals surface area (Å²) < 4.78 is 0. The summed E-state index contributed by atoms with van der Waals surface area (Å²) in [4.78, 5) is 0. The maximum Gasteiger partial charge on any atom is 0.0400 e. The molecule has 0 spiro atoms. The largest absolute Gasteiger partial charge is 0.381 e. The Morgan fingerprint density at radius 3 is 2.29 bits per heavy atom. The fraction of sp³-hybridized carbons (Fsp3) is 0.250. The number of nitrogens with one attached hydrogen (secondary N) is 1. The minimum atomic E-state index is 0.880. The van der Waals surface area contributed by atoms with Crippen LogP contribution in [0.2, 0.25) is 0 Å². The monoisotopic (exact) mass is 225 g/mol. The summed E-state index contributed by atoms with van der Waals surface area (Å²) in [6.07, 6.45) is 0. The Morgan fingerprint density at radius 1 is 0.882 bits per heavy atom. The average molecular weight is 225 g/mol. The molecule has 0 unspecified atom stereocenters. The molecule has 0 heterocycles. The molecule has 88 valence electrons. The molecule has 0 atom stereocenters. The second-order valence-corrected chi connectivity index (χ2v) is 4.59. The number of rotatable bonds is 3. The van der Waals surface area contributed by atoms with E-state index in [0.29, 0.717) is 0 Å². The standard InChI is InChI=1S/C16H19N/c1-12-7-9-15(10-8-12)11-17-16-6-4-5-13(2)14(16)3/h4-10,17H,11H2,1-3H3. The first-order valence-corrected chi connectivity index (χ1v) is 6.02. The van der Waals surface area contributed by atoms with Crippen molar-refractivity contribution in [3.05, 3.63) is 64.7 Å². The maximum absolute atomic E-state index is 3.49. The van der Waals surface area contributed by atoms with Crippen LogP contribution in [0, 0.1) is 20.8 Å². The highest BCUT2D eigenvalue weighted by molar-refractivity contribution is 5.53. The van der Waals surface area contributed by atoms with E-state index in [1.54, 1.807) is 0 Å². The third-order valence-corrected chi connectivity index (χ3v) is 3.21. The fourth-order valence-electron chi connectivity index (χ4n) is 1.85. The highest BCUT2D eigenvalue weighted by Crippen LogP contribution is 2.18. The molecule has 1 N–H and O–H groups in total. The molecule has 1 heteroatoms.